The fourth-order valence-corrected chi connectivity index (χ4v) is 1.12. The second kappa shape index (κ2) is 4.87. The molecule has 3 nitrogen and oxygen atoms in total. The van der Waals surface area contributed by atoms with Crippen molar-refractivity contribution in [2.24, 2.45) is 0 Å². The average Bonchev–Trinajstić information content (AvgIpc) is 2.24. The summed E-state index contributed by atoms with van der Waals surface area (Å²) in [5, 5.41) is 0. The predicted molar refractivity (Wildman–Crippen MR) is 48.8 cm³/mol. The number of benzene rings is 1. The molecular weight excluding hydrogens is 225 g/mol. The molecule has 0 fully saturated rings. The third-order valence-corrected chi connectivity index (χ3v) is 1.82. The first kappa shape index (κ1) is 12.4. The summed E-state index contributed by atoms with van der Waals surface area (Å²) in [6.07, 6.45) is 0. The molecule has 0 amide bonds. The van der Waals surface area contributed by atoms with Gasteiger partial charge in [-0.25, -0.2) is 13.6 Å². The Labute approximate surface area is 89.8 Å². The predicted octanol–water partition coefficient (Wildman–Crippen LogP) is 2.29. The zero-order valence-corrected chi connectivity index (χ0v) is 8.64. The number of carbonyl (C=O) groups excluding carboxylic acids is 1. The summed E-state index contributed by atoms with van der Waals surface area (Å²) in [7, 11) is 0.968. The van der Waals surface area contributed by atoms with Crippen LogP contribution in [0.15, 0.2) is 6.07 Å². The van der Waals surface area contributed by atoms with Crippen molar-refractivity contribution in [2.75, 3.05) is 13.7 Å². The van der Waals surface area contributed by atoms with Gasteiger partial charge >= 0.3 is 5.97 Å². The van der Waals surface area contributed by atoms with Crippen LogP contribution in [0.4, 0.5) is 13.2 Å². The standard InChI is InChI=1S/C10H9F3O3/c1-3-16-10(14)5-4-6(11)8(13)9(15-2)7(5)12/h4H,3H2,1-2H3. The monoisotopic (exact) mass is 234 g/mol. The molecule has 0 saturated heterocycles. The molecule has 0 aliphatic heterocycles. The van der Waals surface area contributed by atoms with Crippen LogP contribution in [0, 0.1) is 17.5 Å². The molecule has 0 spiro atoms. The maximum atomic E-state index is 13.5. The molecular formula is C10H9F3O3. The lowest BCUT2D eigenvalue weighted by molar-refractivity contribution is 0.0519. The van der Waals surface area contributed by atoms with Crippen LogP contribution in [-0.4, -0.2) is 19.7 Å². The van der Waals surface area contributed by atoms with Crippen molar-refractivity contribution in [3.8, 4) is 5.75 Å². The van der Waals surface area contributed by atoms with Crippen LogP contribution < -0.4 is 4.74 Å². The molecule has 88 valence electrons. The number of rotatable bonds is 3. The summed E-state index contributed by atoms with van der Waals surface area (Å²) >= 11 is 0. The fraction of sp³-hybridized carbons (Fsp3) is 0.300. The molecule has 0 radical (unpaired) electrons. The molecule has 6 heteroatoms. The van der Waals surface area contributed by atoms with Gasteiger partial charge in [-0.1, -0.05) is 0 Å². The van der Waals surface area contributed by atoms with Crippen LogP contribution in [0.3, 0.4) is 0 Å². The van der Waals surface area contributed by atoms with Gasteiger partial charge < -0.3 is 9.47 Å². The van der Waals surface area contributed by atoms with Crippen LogP contribution in [0.25, 0.3) is 0 Å². The Kier molecular flexibility index (Phi) is 3.76. The lowest BCUT2D eigenvalue weighted by atomic mass is 10.2. The fourth-order valence-electron chi connectivity index (χ4n) is 1.12. The molecule has 1 aromatic rings. The highest BCUT2D eigenvalue weighted by Gasteiger charge is 2.24. The highest BCUT2D eigenvalue weighted by atomic mass is 19.2. The molecule has 0 aromatic heterocycles. The van der Waals surface area contributed by atoms with E-state index in [-0.39, 0.29) is 6.61 Å². The summed E-state index contributed by atoms with van der Waals surface area (Å²) in [5.41, 5.74) is -0.697. The second-order valence-corrected chi connectivity index (χ2v) is 2.79. The van der Waals surface area contributed by atoms with Gasteiger partial charge in [-0.05, 0) is 13.0 Å². The molecule has 0 bridgehead atoms. The number of esters is 1. The number of halogens is 3. The van der Waals surface area contributed by atoms with E-state index in [1.165, 1.54) is 6.92 Å². The van der Waals surface area contributed by atoms with Crippen molar-refractivity contribution < 1.29 is 27.4 Å². The molecule has 0 atom stereocenters. The Balaban J connectivity index is 3.31. The molecule has 0 N–H and O–H groups in total. The Hall–Kier alpha value is -1.72. The highest BCUT2D eigenvalue weighted by molar-refractivity contribution is 5.90. The number of methoxy groups -OCH3 is 1. The molecule has 1 rings (SSSR count). The summed E-state index contributed by atoms with van der Waals surface area (Å²) in [6, 6.07) is 0.436. The Bertz CT molecular complexity index is 418. The van der Waals surface area contributed by atoms with Crippen molar-refractivity contribution in [1.29, 1.82) is 0 Å². The van der Waals surface area contributed by atoms with Gasteiger partial charge in [-0.3, -0.25) is 0 Å². The van der Waals surface area contributed by atoms with Crippen molar-refractivity contribution in [3.05, 3.63) is 29.1 Å². The van der Waals surface area contributed by atoms with Crippen LogP contribution in [-0.2, 0) is 4.74 Å². The summed E-state index contributed by atoms with van der Waals surface area (Å²) < 4.78 is 48.2. The maximum Gasteiger partial charge on any atom is 0.341 e. The Morgan fingerprint density at radius 2 is 1.94 bits per heavy atom. The molecule has 0 heterocycles. The number of carbonyl (C=O) groups is 1. The number of hydrogen-bond donors (Lipinski definition) is 0. The molecule has 16 heavy (non-hydrogen) atoms. The third kappa shape index (κ3) is 2.10. The molecule has 0 unspecified atom stereocenters. The second-order valence-electron chi connectivity index (χ2n) is 2.79. The van der Waals surface area contributed by atoms with Crippen molar-refractivity contribution in [1.82, 2.24) is 0 Å². The number of hydrogen-bond acceptors (Lipinski definition) is 3. The third-order valence-electron chi connectivity index (χ3n) is 1.82. The van der Waals surface area contributed by atoms with Gasteiger partial charge in [0.05, 0.1) is 13.7 Å². The number of ether oxygens (including phenoxy) is 2. The first-order chi connectivity index (χ1) is 7.52. The van der Waals surface area contributed by atoms with Crippen molar-refractivity contribution in [2.45, 2.75) is 6.92 Å². The minimum atomic E-state index is -1.48. The maximum absolute atomic E-state index is 13.5. The van der Waals surface area contributed by atoms with Gasteiger partial charge in [-0.15, -0.1) is 0 Å². The van der Waals surface area contributed by atoms with E-state index in [9.17, 15) is 18.0 Å². The zero-order valence-electron chi connectivity index (χ0n) is 8.64. The van der Waals surface area contributed by atoms with E-state index >= 15 is 0 Å². The molecule has 1 aromatic carbocycles. The quantitative estimate of drug-likeness (QED) is 0.594. The smallest absolute Gasteiger partial charge is 0.341 e. The molecule has 0 saturated carbocycles. The van der Waals surface area contributed by atoms with E-state index in [4.69, 9.17) is 0 Å². The minimum Gasteiger partial charge on any atom is -0.491 e. The summed E-state index contributed by atoms with van der Waals surface area (Å²) in [4.78, 5) is 11.2. The van der Waals surface area contributed by atoms with Crippen molar-refractivity contribution in [3.63, 3.8) is 0 Å². The van der Waals surface area contributed by atoms with Crippen molar-refractivity contribution >= 4 is 5.97 Å². The van der Waals surface area contributed by atoms with Crippen LogP contribution in [0.2, 0.25) is 0 Å². The minimum absolute atomic E-state index is 0.000412. The first-order valence-corrected chi connectivity index (χ1v) is 4.41. The van der Waals surface area contributed by atoms with Crippen LogP contribution in [0.5, 0.6) is 5.75 Å². The topological polar surface area (TPSA) is 35.5 Å². The lowest BCUT2D eigenvalue weighted by Crippen LogP contribution is -2.10. The average molecular weight is 234 g/mol. The van der Waals surface area contributed by atoms with Gasteiger partial charge in [-0.2, -0.15) is 4.39 Å². The van der Waals surface area contributed by atoms with Gasteiger partial charge in [0, 0.05) is 0 Å². The Morgan fingerprint density at radius 3 is 2.44 bits per heavy atom. The Morgan fingerprint density at radius 1 is 1.31 bits per heavy atom. The molecule has 0 aliphatic carbocycles. The van der Waals surface area contributed by atoms with E-state index in [1.54, 1.807) is 0 Å². The van der Waals surface area contributed by atoms with Crippen LogP contribution >= 0.6 is 0 Å². The van der Waals surface area contributed by atoms with E-state index in [2.05, 4.69) is 9.47 Å². The normalized spacial score (nSPS) is 10.1. The van der Waals surface area contributed by atoms with E-state index < -0.39 is 34.7 Å². The van der Waals surface area contributed by atoms with Gasteiger partial charge in [0.1, 0.15) is 5.56 Å². The van der Waals surface area contributed by atoms with E-state index in [0.717, 1.165) is 7.11 Å². The summed E-state index contributed by atoms with van der Waals surface area (Å²) in [5.74, 6) is -6.14. The summed E-state index contributed by atoms with van der Waals surface area (Å²) in [6.45, 7) is 1.51. The van der Waals surface area contributed by atoms with E-state index in [1.807, 2.05) is 0 Å². The first-order valence-electron chi connectivity index (χ1n) is 4.41. The molecule has 0 aliphatic rings. The van der Waals surface area contributed by atoms with Gasteiger partial charge in [0.15, 0.2) is 17.4 Å². The highest BCUT2D eigenvalue weighted by Crippen LogP contribution is 2.27. The van der Waals surface area contributed by atoms with E-state index in [0.29, 0.717) is 6.07 Å². The van der Waals surface area contributed by atoms with Gasteiger partial charge in [0.25, 0.3) is 0 Å². The lowest BCUT2D eigenvalue weighted by Gasteiger charge is -2.08. The zero-order chi connectivity index (χ0) is 12.3. The largest absolute Gasteiger partial charge is 0.491 e. The van der Waals surface area contributed by atoms with Crippen LogP contribution in [0.1, 0.15) is 17.3 Å². The van der Waals surface area contributed by atoms with Gasteiger partial charge in [0.2, 0.25) is 5.82 Å². The SMILES string of the molecule is CCOC(=O)c1cc(F)c(F)c(OC)c1F.